The lowest BCUT2D eigenvalue weighted by molar-refractivity contribution is -0.182. The number of nitrogens with zero attached hydrogens (tertiary/aromatic N) is 2. The van der Waals surface area contributed by atoms with Gasteiger partial charge in [-0.3, -0.25) is 0 Å². The van der Waals surface area contributed by atoms with Crippen LogP contribution < -0.4 is 0 Å². The van der Waals surface area contributed by atoms with Gasteiger partial charge in [0.05, 0.1) is 12.2 Å². The summed E-state index contributed by atoms with van der Waals surface area (Å²) < 4.78 is 39.3. The Hall–Kier alpha value is -1.00. The highest BCUT2D eigenvalue weighted by Gasteiger charge is 2.42. The average Bonchev–Trinajstić information content (AvgIpc) is 2.69. The van der Waals surface area contributed by atoms with Gasteiger partial charge in [-0.25, -0.2) is 4.98 Å². The molecule has 1 aliphatic rings. The molecule has 1 aromatic heterocycles. The van der Waals surface area contributed by atoms with Crippen LogP contribution >= 0.6 is 0 Å². The minimum absolute atomic E-state index is 0.139. The van der Waals surface area contributed by atoms with Crippen molar-refractivity contribution in [2.45, 2.75) is 31.5 Å². The molecule has 0 N–H and O–H groups in total. The van der Waals surface area contributed by atoms with Crippen molar-refractivity contribution in [1.82, 2.24) is 9.55 Å². The first-order valence-electron chi connectivity index (χ1n) is 4.95. The van der Waals surface area contributed by atoms with Gasteiger partial charge >= 0.3 is 6.18 Å². The zero-order valence-electron chi connectivity index (χ0n) is 8.11. The summed E-state index contributed by atoms with van der Waals surface area (Å²) in [5, 5.41) is 0. The molecule has 0 aliphatic heterocycles. The lowest BCUT2D eigenvalue weighted by atomic mass is 9.85. The van der Waals surface area contributed by atoms with Gasteiger partial charge in [-0.05, 0) is 25.7 Å². The molecule has 1 radical (unpaired) electrons. The number of rotatable bonds is 1. The van der Waals surface area contributed by atoms with Crippen molar-refractivity contribution in [3.63, 3.8) is 0 Å². The smallest absolute Gasteiger partial charge is 0.334 e. The van der Waals surface area contributed by atoms with Crippen molar-refractivity contribution >= 4 is 0 Å². The van der Waals surface area contributed by atoms with Crippen LogP contribution in [0.25, 0.3) is 0 Å². The van der Waals surface area contributed by atoms with Gasteiger partial charge < -0.3 is 4.57 Å². The molecule has 2 atom stereocenters. The summed E-state index contributed by atoms with van der Waals surface area (Å²) in [7, 11) is 0. The summed E-state index contributed by atoms with van der Waals surface area (Å²) >= 11 is 0. The van der Waals surface area contributed by atoms with Crippen molar-refractivity contribution in [1.29, 1.82) is 0 Å². The molecule has 1 aliphatic carbocycles. The fourth-order valence-corrected chi connectivity index (χ4v) is 2.00. The van der Waals surface area contributed by atoms with E-state index in [9.17, 15) is 13.2 Å². The topological polar surface area (TPSA) is 17.8 Å². The van der Waals surface area contributed by atoms with Crippen LogP contribution in [-0.2, 0) is 0 Å². The molecule has 1 saturated carbocycles. The van der Waals surface area contributed by atoms with Gasteiger partial charge in [-0.15, -0.1) is 0 Å². The normalized spacial score (nSPS) is 27.9. The molecule has 2 rings (SSSR count). The van der Waals surface area contributed by atoms with Crippen LogP contribution in [0.4, 0.5) is 13.2 Å². The van der Waals surface area contributed by atoms with Gasteiger partial charge in [-0.1, -0.05) is 0 Å². The highest BCUT2D eigenvalue weighted by atomic mass is 19.4. The summed E-state index contributed by atoms with van der Waals surface area (Å²) in [4.78, 5) is 3.85. The van der Waals surface area contributed by atoms with Crippen LogP contribution in [0.1, 0.15) is 25.3 Å². The molecule has 1 fully saturated rings. The summed E-state index contributed by atoms with van der Waals surface area (Å²) in [6.45, 7) is 0. The van der Waals surface area contributed by atoms with E-state index in [0.717, 1.165) is 0 Å². The summed E-state index contributed by atoms with van der Waals surface area (Å²) in [5.74, 6) is -1.17. The van der Waals surface area contributed by atoms with Crippen molar-refractivity contribution < 1.29 is 13.2 Å². The summed E-state index contributed by atoms with van der Waals surface area (Å²) in [6, 6.07) is -0.159. The zero-order chi connectivity index (χ0) is 10.9. The molecule has 15 heavy (non-hydrogen) atoms. The van der Waals surface area contributed by atoms with Crippen molar-refractivity contribution in [2.75, 3.05) is 0 Å². The van der Waals surface area contributed by atoms with E-state index in [1.54, 1.807) is 23.3 Å². The summed E-state index contributed by atoms with van der Waals surface area (Å²) in [6.07, 6.45) is 3.61. The van der Waals surface area contributed by atoms with Crippen LogP contribution in [0.2, 0.25) is 0 Å². The standard InChI is InChI=1S/C10H12F3N2/c11-10(12,13)8-2-1-3-9(6-8)15-5-4-14-7-15/h3-5,7-9H,1-2,6H2/t8-,9?/m1/s1. The first-order valence-corrected chi connectivity index (χ1v) is 4.95. The number of imidazole rings is 1. The summed E-state index contributed by atoms with van der Waals surface area (Å²) in [5.41, 5.74) is 0. The van der Waals surface area contributed by atoms with Gasteiger partial charge in [0, 0.05) is 18.4 Å². The fourth-order valence-electron chi connectivity index (χ4n) is 2.00. The Morgan fingerprint density at radius 2 is 2.13 bits per heavy atom. The van der Waals surface area contributed by atoms with Crippen molar-refractivity contribution in [3.8, 4) is 0 Å². The molecule has 0 bridgehead atoms. The molecule has 0 saturated heterocycles. The van der Waals surface area contributed by atoms with E-state index in [2.05, 4.69) is 4.98 Å². The van der Waals surface area contributed by atoms with Gasteiger partial charge in [0.25, 0.3) is 0 Å². The minimum atomic E-state index is -4.06. The predicted molar refractivity (Wildman–Crippen MR) is 49.0 cm³/mol. The second kappa shape index (κ2) is 3.87. The monoisotopic (exact) mass is 217 g/mol. The molecule has 0 aromatic carbocycles. The molecule has 0 amide bonds. The van der Waals surface area contributed by atoms with E-state index < -0.39 is 12.1 Å². The van der Waals surface area contributed by atoms with Crippen LogP contribution in [-0.4, -0.2) is 15.7 Å². The van der Waals surface area contributed by atoms with E-state index in [1.165, 1.54) is 0 Å². The Morgan fingerprint density at radius 3 is 2.73 bits per heavy atom. The van der Waals surface area contributed by atoms with E-state index in [0.29, 0.717) is 6.42 Å². The lowest BCUT2D eigenvalue weighted by Gasteiger charge is -2.30. The maximum Gasteiger partial charge on any atom is 0.391 e. The van der Waals surface area contributed by atoms with Crippen LogP contribution in [0.3, 0.4) is 0 Å². The Morgan fingerprint density at radius 1 is 1.33 bits per heavy atom. The molecular weight excluding hydrogens is 205 g/mol. The van der Waals surface area contributed by atoms with Gasteiger partial charge in [0.15, 0.2) is 0 Å². The molecule has 1 aromatic rings. The van der Waals surface area contributed by atoms with E-state index in [-0.39, 0.29) is 18.9 Å². The Balaban J connectivity index is 2.05. The van der Waals surface area contributed by atoms with Crippen LogP contribution in [0, 0.1) is 12.3 Å². The van der Waals surface area contributed by atoms with Crippen LogP contribution in [0.5, 0.6) is 0 Å². The maximum absolute atomic E-state index is 12.5. The third-order valence-electron chi connectivity index (χ3n) is 2.85. The predicted octanol–water partition coefficient (Wildman–Crippen LogP) is 2.99. The molecule has 2 nitrogen and oxygen atoms in total. The highest BCUT2D eigenvalue weighted by molar-refractivity contribution is 4.94. The number of aromatic nitrogens is 2. The van der Waals surface area contributed by atoms with E-state index in [4.69, 9.17) is 0 Å². The SMILES string of the molecule is FC(F)(F)[C@@H]1CC[CH]C(n2ccnc2)C1. The van der Waals surface area contributed by atoms with Gasteiger partial charge in [-0.2, -0.15) is 13.2 Å². The zero-order valence-corrected chi connectivity index (χ0v) is 8.11. The quantitative estimate of drug-likeness (QED) is 0.707. The second-order valence-electron chi connectivity index (χ2n) is 3.86. The average molecular weight is 217 g/mol. The van der Waals surface area contributed by atoms with Crippen molar-refractivity contribution in [2.24, 2.45) is 5.92 Å². The molecular formula is C10H12F3N2. The number of hydrogen-bond acceptors (Lipinski definition) is 1. The highest BCUT2D eigenvalue weighted by Crippen LogP contribution is 2.41. The van der Waals surface area contributed by atoms with E-state index >= 15 is 0 Å². The molecule has 5 heteroatoms. The second-order valence-corrected chi connectivity index (χ2v) is 3.86. The van der Waals surface area contributed by atoms with Crippen LogP contribution in [0.15, 0.2) is 18.7 Å². The molecule has 1 unspecified atom stereocenters. The Kier molecular flexibility index (Phi) is 2.71. The van der Waals surface area contributed by atoms with Gasteiger partial charge in [0.2, 0.25) is 0 Å². The fraction of sp³-hybridized carbons (Fsp3) is 0.600. The number of hydrogen-bond donors (Lipinski definition) is 0. The minimum Gasteiger partial charge on any atom is -0.334 e. The lowest BCUT2D eigenvalue weighted by Crippen LogP contribution is -2.29. The largest absolute Gasteiger partial charge is 0.391 e. The number of alkyl halides is 3. The third-order valence-corrected chi connectivity index (χ3v) is 2.85. The molecule has 0 spiro atoms. The van der Waals surface area contributed by atoms with Crippen molar-refractivity contribution in [3.05, 3.63) is 25.1 Å². The molecule has 1 heterocycles. The maximum atomic E-state index is 12.5. The first-order chi connectivity index (χ1) is 7.07. The Labute approximate surface area is 86.1 Å². The first kappa shape index (κ1) is 10.5. The van der Waals surface area contributed by atoms with Gasteiger partial charge in [0.1, 0.15) is 0 Å². The number of halogens is 3. The molecule has 83 valence electrons. The Bertz CT molecular complexity index is 305. The third kappa shape index (κ3) is 2.33. The van der Waals surface area contributed by atoms with E-state index in [1.807, 2.05) is 6.42 Å².